The number of imidazole rings is 1. The summed E-state index contributed by atoms with van der Waals surface area (Å²) in [6, 6.07) is 0.490. The lowest BCUT2D eigenvalue weighted by Gasteiger charge is -2.54. The molecule has 3 heteroatoms. The minimum absolute atomic E-state index is 0.126. The van der Waals surface area contributed by atoms with Crippen molar-refractivity contribution in [2.75, 3.05) is 0 Å². The van der Waals surface area contributed by atoms with Crippen molar-refractivity contribution in [1.29, 1.82) is 0 Å². The van der Waals surface area contributed by atoms with Crippen molar-refractivity contribution < 1.29 is 0 Å². The van der Waals surface area contributed by atoms with E-state index in [-0.39, 0.29) is 5.69 Å². The van der Waals surface area contributed by atoms with Crippen molar-refractivity contribution in [3.8, 4) is 0 Å². The molecule has 4 aliphatic rings. The molecule has 1 N–H and O–H groups in total. The van der Waals surface area contributed by atoms with Crippen LogP contribution in [0.5, 0.6) is 0 Å². The van der Waals surface area contributed by atoms with Gasteiger partial charge < -0.3 is 4.98 Å². The van der Waals surface area contributed by atoms with Gasteiger partial charge in [0, 0.05) is 17.9 Å². The van der Waals surface area contributed by atoms with Crippen LogP contribution in [0.25, 0.3) is 0 Å². The predicted molar refractivity (Wildman–Crippen MR) is 75.2 cm³/mol. The highest BCUT2D eigenvalue weighted by Gasteiger charge is 2.49. The van der Waals surface area contributed by atoms with Gasteiger partial charge in [0.05, 0.1) is 0 Å². The Labute approximate surface area is 114 Å². The zero-order chi connectivity index (χ0) is 13.1. The second-order valence-corrected chi connectivity index (χ2v) is 7.50. The topological polar surface area (TPSA) is 37.8 Å². The smallest absolute Gasteiger partial charge is 0.310 e. The molecular formula is C16H24N2O. The summed E-state index contributed by atoms with van der Waals surface area (Å²) in [4.78, 5) is 15.3. The molecule has 0 aliphatic heterocycles. The van der Waals surface area contributed by atoms with Crippen LogP contribution in [0, 0.1) is 23.7 Å². The lowest BCUT2D eigenvalue weighted by Crippen LogP contribution is -2.47. The maximum atomic E-state index is 12.3. The van der Waals surface area contributed by atoms with Gasteiger partial charge in [-0.05, 0) is 61.7 Å². The Morgan fingerprint density at radius 2 is 1.68 bits per heavy atom. The Kier molecular flexibility index (Phi) is 2.49. The number of rotatable bonds is 2. The molecule has 1 heterocycles. The van der Waals surface area contributed by atoms with E-state index >= 15 is 0 Å². The first-order valence-electron chi connectivity index (χ1n) is 7.93. The van der Waals surface area contributed by atoms with Gasteiger partial charge >= 0.3 is 5.69 Å². The number of H-pyrrole nitrogens is 1. The zero-order valence-corrected chi connectivity index (χ0v) is 11.9. The minimum atomic E-state index is 0.126. The Bertz CT molecular complexity index is 511. The molecule has 0 aromatic carbocycles. The lowest BCUT2D eigenvalue weighted by molar-refractivity contribution is -0.0303. The van der Waals surface area contributed by atoms with Crippen LogP contribution in [0.1, 0.15) is 63.6 Å². The molecule has 0 amide bonds. The summed E-state index contributed by atoms with van der Waals surface area (Å²) >= 11 is 0. The van der Waals surface area contributed by atoms with Gasteiger partial charge in [-0.15, -0.1) is 0 Å². The third-order valence-corrected chi connectivity index (χ3v) is 5.88. The van der Waals surface area contributed by atoms with E-state index in [0.29, 0.717) is 12.0 Å². The molecule has 0 unspecified atom stereocenters. The minimum Gasteiger partial charge on any atom is -0.310 e. The molecule has 4 saturated carbocycles. The van der Waals surface area contributed by atoms with Gasteiger partial charge in [0.15, 0.2) is 0 Å². The van der Waals surface area contributed by atoms with Crippen LogP contribution < -0.4 is 5.69 Å². The molecule has 4 bridgehead atoms. The molecule has 104 valence electrons. The summed E-state index contributed by atoms with van der Waals surface area (Å²) in [6.07, 6.45) is 9.05. The molecule has 0 radical (unpaired) electrons. The summed E-state index contributed by atoms with van der Waals surface area (Å²) in [5.41, 5.74) is 1.22. The molecule has 4 fully saturated rings. The van der Waals surface area contributed by atoms with Crippen LogP contribution in [0.4, 0.5) is 0 Å². The van der Waals surface area contributed by atoms with E-state index in [1.807, 2.05) is 0 Å². The second-order valence-electron chi connectivity index (χ2n) is 7.50. The number of aromatic amines is 1. The molecule has 5 rings (SSSR count). The quantitative estimate of drug-likeness (QED) is 0.870. The monoisotopic (exact) mass is 260 g/mol. The molecule has 4 aliphatic carbocycles. The Hall–Kier alpha value is -0.990. The molecule has 19 heavy (non-hydrogen) atoms. The fraction of sp³-hybridized carbons (Fsp3) is 0.812. The van der Waals surface area contributed by atoms with Crippen LogP contribution in [-0.4, -0.2) is 9.55 Å². The lowest BCUT2D eigenvalue weighted by atomic mass is 9.54. The number of hydrogen-bond donors (Lipinski definition) is 1. The average Bonchev–Trinajstić information content (AvgIpc) is 2.70. The van der Waals surface area contributed by atoms with Crippen molar-refractivity contribution >= 4 is 0 Å². The molecule has 0 atom stereocenters. The first-order valence-corrected chi connectivity index (χ1v) is 7.93. The molecule has 1 aromatic rings. The van der Waals surface area contributed by atoms with E-state index in [9.17, 15) is 4.79 Å². The van der Waals surface area contributed by atoms with E-state index in [0.717, 1.165) is 29.4 Å². The van der Waals surface area contributed by atoms with Gasteiger partial charge in [0.2, 0.25) is 0 Å². The largest absolute Gasteiger partial charge is 0.325 e. The first-order chi connectivity index (χ1) is 9.11. The fourth-order valence-corrected chi connectivity index (χ4v) is 5.29. The van der Waals surface area contributed by atoms with E-state index < -0.39 is 0 Å². The van der Waals surface area contributed by atoms with Gasteiger partial charge in [0.1, 0.15) is 0 Å². The van der Waals surface area contributed by atoms with Gasteiger partial charge in [-0.25, -0.2) is 4.79 Å². The van der Waals surface area contributed by atoms with Crippen LogP contribution >= 0.6 is 0 Å². The van der Waals surface area contributed by atoms with Crippen LogP contribution in [0.2, 0.25) is 0 Å². The predicted octanol–water partition coefficient (Wildman–Crippen LogP) is 3.30. The maximum absolute atomic E-state index is 12.3. The first kappa shape index (κ1) is 11.8. The van der Waals surface area contributed by atoms with Crippen molar-refractivity contribution in [3.05, 3.63) is 22.4 Å². The Morgan fingerprint density at radius 3 is 2.16 bits per heavy atom. The highest BCUT2D eigenvalue weighted by atomic mass is 16.1. The normalized spacial score (nSPS) is 40.3. The van der Waals surface area contributed by atoms with Gasteiger partial charge in [-0.2, -0.15) is 0 Å². The molecular weight excluding hydrogens is 236 g/mol. The van der Waals surface area contributed by atoms with Crippen molar-refractivity contribution in [1.82, 2.24) is 9.55 Å². The summed E-state index contributed by atoms with van der Waals surface area (Å²) in [5, 5.41) is 0. The van der Waals surface area contributed by atoms with Gasteiger partial charge in [-0.1, -0.05) is 13.8 Å². The van der Waals surface area contributed by atoms with Gasteiger partial charge in [-0.3, -0.25) is 4.57 Å². The highest BCUT2D eigenvalue weighted by molar-refractivity contribution is 5.07. The molecule has 3 nitrogen and oxygen atoms in total. The van der Waals surface area contributed by atoms with Crippen LogP contribution in [0.15, 0.2) is 11.0 Å². The Morgan fingerprint density at radius 1 is 1.11 bits per heavy atom. The summed E-state index contributed by atoms with van der Waals surface area (Å²) in [7, 11) is 0. The van der Waals surface area contributed by atoms with Gasteiger partial charge in [0.25, 0.3) is 0 Å². The zero-order valence-electron chi connectivity index (χ0n) is 11.9. The summed E-state index contributed by atoms with van der Waals surface area (Å²) in [5.74, 6) is 3.89. The van der Waals surface area contributed by atoms with Crippen LogP contribution in [-0.2, 0) is 0 Å². The number of nitrogens with zero attached hydrogens (tertiary/aromatic N) is 1. The van der Waals surface area contributed by atoms with Crippen molar-refractivity contribution in [2.45, 2.75) is 57.9 Å². The number of nitrogens with one attached hydrogen (secondary N) is 1. The summed E-state index contributed by atoms with van der Waals surface area (Å²) in [6.45, 7) is 4.29. The molecule has 1 aromatic heterocycles. The Balaban J connectivity index is 1.71. The SMILES string of the molecule is CC(C)c1cn(C2C3CC4CC(C3)CC2C4)c(=O)[nH]1. The standard InChI is InChI=1S/C16H24N2O/c1-9(2)14-8-18(16(19)17-14)15-12-4-10-3-11(6-12)7-13(15)5-10/h8-13,15H,3-7H2,1-2H3,(H,17,19). The third kappa shape index (κ3) is 1.73. The third-order valence-electron chi connectivity index (χ3n) is 5.88. The van der Waals surface area contributed by atoms with Crippen molar-refractivity contribution in [2.24, 2.45) is 23.7 Å². The van der Waals surface area contributed by atoms with E-state index in [4.69, 9.17) is 0 Å². The average molecular weight is 260 g/mol. The second kappa shape index (κ2) is 4.00. The number of aromatic nitrogens is 2. The summed E-state index contributed by atoms with van der Waals surface area (Å²) < 4.78 is 2.06. The van der Waals surface area contributed by atoms with E-state index in [2.05, 4.69) is 29.6 Å². The van der Waals surface area contributed by atoms with Crippen molar-refractivity contribution in [3.63, 3.8) is 0 Å². The maximum Gasteiger partial charge on any atom is 0.325 e. The molecule has 0 spiro atoms. The van der Waals surface area contributed by atoms with E-state index in [1.165, 1.54) is 32.1 Å². The fourth-order valence-electron chi connectivity index (χ4n) is 5.29. The van der Waals surface area contributed by atoms with Crippen LogP contribution in [0.3, 0.4) is 0 Å². The van der Waals surface area contributed by atoms with E-state index in [1.54, 1.807) is 0 Å². The molecule has 0 saturated heterocycles. The highest BCUT2D eigenvalue weighted by Crippen LogP contribution is 2.57. The number of hydrogen-bond acceptors (Lipinski definition) is 1.